The van der Waals surface area contributed by atoms with Crippen LogP contribution in [0.4, 0.5) is 10.5 Å². The van der Waals surface area contributed by atoms with Crippen LogP contribution in [0.2, 0.25) is 0 Å². The number of carbonyl (C=O) groups excluding carboxylic acids is 4. The van der Waals surface area contributed by atoms with E-state index in [1.807, 2.05) is 42.5 Å². The van der Waals surface area contributed by atoms with Crippen molar-refractivity contribution < 1.29 is 23.6 Å². The van der Waals surface area contributed by atoms with Crippen LogP contribution in [0.25, 0.3) is 0 Å². The summed E-state index contributed by atoms with van der Waals surface area (Å²) in [5.41, 5.74) is 0.541. The Morgan fingerprint density at radius 3 is 2.32 bits per heavy atom. The van der Waals surface area contributed by atoms with Crippen LogP contribution in [0.5, 0.6) is 0 Å². The smallest absolute Gasteiger partial charge is 0.335 e. The van der Waals surface area contributed by atoms with Crippen molar-refractivity contribution in [3.63, 3.8) is 0 Å². The summed E-state index contributed by atoms with van der Waals surface area (Å²) in [5, 5.41) is 2.72. The molecule has 156 valence electrons. The predicted octanol–water partition coefficient (Wildman–Crippen LogP) is 3.36. The Bertz CT molecular complexity index is 1130. The maximum absolute atomic E-state index is 12.6. The summed E-state index contributed by atoms with van der Waals surface area (Å²) in [6.07, 6.45) is 1.40. The lowest BCUT2D eigenvalue weighted by atomic mass is 10.3. The van der Waals surface area contributed by atoms with E-state index in [1.165, 1.54) is 18.0 Å². The normalized spacial score (nSPS) is 13.7. The van der Waals surface area contributed by atoms with Crippen molar-refractivity contribution >= 4 is 41.2 Å². The predicted molar refractivity (Wildman–Crippen MR) is 112 cm³/mol. The number of anilines is 1. The third-order valence-corrected chi connectivity index (χ3v) is 5.55. The quantitative estimate of drug-likeness (QED) is 0.451. The van der Waals surface area contributed by atoms with Crippen molar-refractivity contribution in [1.82, 2.24) is 9.80 Å². The first-order valence-electron chi connectivity index (χ1n) is 9.34. The molecule has 4 rings (SSSR count). The Morgan fingerprint density at radius 2 is 1.58 bits per heavy atom. The molecule has 9 heteroatoms. The number of para-hydroxylation sites is 1. The summed E-state index contributed by atoms with van der Waals surface area (Å²) >= 11 is 1.47. The fraction of sp³-hybridized carbons (Fsp3) is 0.0909. The van der Waals surface area contributed by atoms with Gasteiger partial charge < -0.3 is 9.73 Å². The van der Waals surface area contributed by atoms with Gasteiger partial charge in [0.05, 0.1) is 18.5 Å². The molecule has 5 amide bonds. The van der Waals surface area contributed by atoms with E-state index < -0.39 is 30.3 Å². The molecule has 31 heavy (non-hydrogen) atoms. The van der Waals surface area contributed by atoms with Gasteiger partial charge in [-0.2, -0.15) is 0 Å². The highest BCUT2D eigenvalue weighted by Gasteiger charge is 2.45. The monoisotopic (exact) mass is 435 g/mol. The second-order valence-electron chi connectivity index (χ2n) is 6.60. The molecule has 1 fully saturated rings. The number of urea groups is 1. The zero-order valence-electron chi connectivity index (χ0n) is 16.2. The fourth-order valence-corrected chi connectivity index (χ4v) is 3.92. The van der Waals surface area contributed by atoms with Crippen LogP contribution in [-0.4, -0.2) is 40.1 Å². The minimum absolute atomic E-state index is 0.176. The molecular weight excluding hydrogens is 418 g/mol. The average Bonchev–Trinajstić information content (AvgIpc) is 3.35. The van der Waals surface area contributed by atoms with Gasteiger partial charge >= 0.3 is 17.8 Å². The summed E-state index contributed by atoms with van der Waals surface area (Å²) in [6.45, 7) is -0.743. The Kier molecular flexibility index (Phi) is 5.85. The van der Waals surface area contributed by atoms with Gasteiger partial charge in [0.2, 0.25) is 5.91 Å². The van der Waals surface area contributed by atoms with Crippen LogP contribution in [0.15, 0.2) is 87.2 Å². The summed E-state index contributed by atoms with van der Waals surface area (Å²) < 4.78 is 5.13. The molecule has 2 aromatic carbocycles. The highest BCUT2D eigenvalue weighted by molar-refractivity contribution is 7.99. The van der Waals surface area contributed by atoms with E-state index >= 15 is 0 Å². The van der Waals surface area contributed by atoms with E-state index in [0.717, 1.165) is 14.7 Å². The van der Waals surface area contributed by atoms with Crippen LogP contribution in [0, 0.1) is 0 Å². The summed E-state index contributed by atoms with van der Waals surface area (Å²) in [5.74, 6) is -2.27. The molecule has 1 aliphatic rings. The van der Waals surface area contributed by atoms with E-state index in [0.29, 0.717) is 16.3 Å². The first-order chi connectivity index (χ1) is 15.0. The fourth-order valence-electron chi connectivity index (χ4n) is 3.00. The maximum Gasteiger partial charge on any atom is 0.335 e. The van der Waals surface area contributed by atoms with E-state index in [1.54, 1.807) is 24.3 Å². The third kappa shape index (κ3) is 4.51. The molecule has 3 aromatic rings. The summed E-state index contributed by atoms with van der Waals surface area (Å²) in [6, 6.07) is 19.2. The van der Waals surface area contributed by atoms with Crippen LogP contribution in [0.1, 0.15) is 5.76 Å². The van der Waals surface area contributed by atoms with E-state index in [4.69, 9.17) is 4.42 Å². The van der Waals surface area contributed by atoms with E-state index in [2.05, 4.69) is 5.32 Å². The Labute approximate surface area is 181 Å². The largest absolute Gasteiger partial charge is 0.467 e. The number of benzene rings is 2. The molecule has 1 aromatic heterocycles. The molecule has 8 nitrogen and oxygen atoms in total. The first-order valence-corrected chi connectivity index (χ1v) is 10.2. The molecule has 1 N–H and O–H groups in total. The number of nitrogens with zero attached hydrogens (tertiary/aromatic N) is 2. The van der Waals surface area contributed by atoms with Crippen molar-refractivity contribution in [3.8, 4) is 0 Å². The van der Waals surface area contributed by atoms with Gasteiger partial charge in [-0.25, -0.2) is 14.6 Å². The number of carbonyl (C=O) groups is 4. The zero-order chi connectivity index (χ0) is 21.8. The van der Waals surface area contributed by atoms with Crippen LogP contribution in [0.3, 0.4) is 0 Å². The lowest BCUT2D eigenvalue weighted by molar-refractivity contribution is -0.144. The molecule has 1 saturated heterocycles. The number of nitrogens with one attached hydrogen (secondary N) is 1. The number of amides is 5. The average molecular weight is 435 g/mol. The van der Waals surface area contributed by atoms with Gasteiger partial charge in [0.15, 0.2) is 0 Å². The molecule has 1 aliphatic heterocycles. The number of hydrogen-bond acceptors (Lipinski definition) is 6. The standard InChI is InChI=1S/C22H17N3O5S/c26-19(23-17-10-4-5-11-18(17)31-16-8-2-1-3-9-16)14-25-21(28)20(27)24(22(25)29)13-15-7-6-12-30-15/h1-12H,13-14H2,(H,23,26). The molecule has 0 radical (unpaired) electrons. The van der Waals surface area contributed by atoms with Crippen molar-refractivity contribution in [3.05, 3.63) is 78.8 Å². The zero-order valence-corrected chi connectivity index (χ0v) is 17.0. The summed E-state index contributed by atoms with van der Waals surface area (Å²) in [4.78, 5) is 52.7. The molecule has 0 atom stereocenters. The van der Waals surface area contributed by atoms with Gasteiger partial charge in [-0.05, 0) is 36.4 Å². The Hall–Kier alpha value is -3.85. The van der Waals surface area contributed by atoms with Gasteiger partial charge in [-0.1, -0.05) is 42.1 Å². The van der Waals surface area contributed by atoms with Gasteiger partial charge in [0.25, 0.3) is 0 Å². The van der Waals surface area contributed by atoms with Crippen LogP contribution >= 0.6 is 11.8 Å². The molecule has 0 aliphatic carbocycles. The van der Waals surface area contributed by atoms with Gasteiger partial charge in [-0.15, -0.1) is 0 Å². The molecule has 0 spiro atoms. The van der Waals surface area contributed by atoms with Gasteiger partial charge in [-0.3, -0.25) is 14.4 Å². The molecule has 2 heterocycles. The minimum Gasteiger partial charge on any atom is -0.467 e. The second-order valence-corrected chi connectivity index (χ2v) is 7.72. The van der Waals surface area contributed by atoms with Crippen molar-refractivity contribution in [2.45, 2.75) is 16.3 Å². The number of rotatable bonds is 7. The number of hydrogen-bond donors (Lipinski definition) is 1. The lowest BCUT2D eigenvalue weighted by Gasteiger charge is -2.15. The second kappa shape index (κ2) is 8.88. The van der Waals surface area contributed by atoms with Crippen LogP contribution in [-0.2, 0) is 20.9 Å². The molecule has 0 saturated carbocycles. The van der Waals surface area contributed by atoms with E-state index in [-0.39, 0.29) is 6.54 Å². The highest BCUT2D eigenvalue weighted by Crippen LogP contribution is 2.33. The first kappa shape index (κ1) is 20.4. The SMILES string of the molecule is O=C(CN1C(=O)C(=O)N(Cc2ccco2)C1=O)Nc1ccccc1Sc1ccccc1. The minimum atomic E-state index is -1.04. The van der Waals surface area contributed by atoms with Crippen molar-refractivity contribution in [2.24, 2.45) is 0 Å². The molecule has 0 unspecified atom stereocenters. The Balaban J connectivity index is 1.44. The summed E-state index contributed by atoms with van der Waals surface area (Å²) in [7, 11) is 0. The lowest BCUT2D eigenvalue weighted by Crippen LogP contribution is -2.38. The molecule has 0 bridgehead atoms. The van der Waals surface area contributed by atoms with Gasteiger partial charge in [0.1, 0.15) is 12.3 Å². The van der Waals surface area contributed by atoms with Crippen molar-refractivity contribution in [1.29, 1.82) is 0 Å². The van der Waals surface area contributed by atoms with Crippen LogP contribution < -0.4 is 5.32 Å². The van der Waals surface area contributed by atoms with Crippen molar-refractivity contribution in [2.75, 3.05) is 11.9 Å². The highest BCUT2D eigenvalue weighted by atomic mass is 32.2. The topological polar surface area (TPSA) is 99.9 Å². The maximum atomic E-state index is 12.6. The number of furan rings is 1. The van der Waals surface area contributed by atoms with Gasteiger partial charge in [0, 0.05) is 9.79 Å². The third-order valence-electron chi connectivity index (χ3n) is 4.46. The molecular formula is C22H17N3O5S. The van der Waals surface area contributed by atoms with E-state index in [9.17, 15) is 19.2 Å². The Morgan fingerprint density at radius 1 is 0.871 bits per heavy atom. The number of imide groups is 2.